The van der Waals surface area contributed by atoms with Crippen LogP contribution in [0.3, 0.4) is 0 Å². The summed E-state index contributed by atoms with van der Waals surface area (Å²) in [4.78, 5) is 25.3. The van der Waals surface area contributed by atoms with Crippen LogP contribution < -0.4 is 20.1 Å². The van der Waals surface area contributed by atoms with Crippen molar-refractivity contribution in [3.63, 3.8) is 0 Å². The van der Waals surface area contributed by atoms with Crippen molar-refractivity contribution in [3.05, 3.63) is 94.5 Å². The monoisotopic (exact) mass is 474 g/mol. The van der Waals surface area contributed by atoms with Crippen molar-refractivity contribution in [1.82, 2.24) is 10.6 Å². The maximum Gasteiger partial charge on any atom is 0.251 e. The zero-order chi connectivity index (χ0) is 24.5. The summed E-state index contributed by atoms with van der Waals surface area (Å²) in [6.45, 7) is 2.15. The van der Waals surface area contributed by atoms with Gasteiger partial charge in [0.1, 0.15) is 18.1 Å². The van der Waals surface area contributed by atoms with Gasteiger partial charge >= 0.3 is 0 Å². The molecule has 0 saturated carbocycles. The number of amides is 2. The second-order valence-corrected chi connectivity index (χ2v) is 8.27. The molecule has 35 heavy (non-hydrogen) atoms. The number of carbonyl (C=O) groups is 2. The molecule has 0 aliphatic carbocycles. The third-order valence-electron chi connectivity index (χ3n) is 5.76. The molecule has 2 amide bonds. The molecular formula is C28H30N2O5. The molecule has 0 aromatic heterocycles. The molecule has 0 unspecified atom stereocenters. The first-order chi connectivity index (χ1) is 17.1. The van der Waals surface area contributed by atoms with Gasteiger partial charge in [-0.15, -0.1) is 0 Å². The van der Waals surface area contributed by atoms with Crippen LogP contribution in [0, 0.1) is 0 Å². The van der Waals surface area contributed by atoms with E-state index in [0.29, 0.717) is 62.6 Å². The van der Waals surface area contributed by atoms with Gasteiger partial charge in [-0.05, 0) is 65.6 Å². The van der Waals surface area contributed by atoms with Gasteiger partial charge in [-0.2, -0.15) is 0 Å². The Balaban J connectivity index is 1.49. The third kappa shape index (κ3) is 6.83. The van der Waals surface area contributed by atoms with Gasteiger partial charge in [0.25, 0.3) is 11.8 Å². The zero-order valence-corrected chi connectivity index (χ0v) is 19.8. The molecule has 182 valence electrons. The Morgan fingerprint density at radius 2 is 1.91 bits per heavy atom. The second kappa shape index (κ2) is 12.0. The number of nitrogens with one attached hydrogen (secondary N) is 2. The van der Waals surface area contributed by atoms with Crippen LogP contribution in [0.2, 0.25) is 0 Å². The summed E-state index contributed by atoms with van der Waals surface area (Å²) in [5.41, 5.74) is 4.08. The van der Waals surface area contributed by atoms with E-state index in [1.807, 2.05) is 54.6 Å². The number of methoxy groups -OCH3 is 1. The molecular weight excluding hydrogens is 444 g/mol. The van der Waals surface area contributed by atoms with E-state index >= 15 is 0 Å². The van der Waals surface area contributed by atoms with Crippen LogP contribution in [0.4, 0.5) is 0 Å². The lowest BCUT2D eigenvalue weighted by Gasteiger charge is -2.15. The Bertz CT molecular complexity index is 1180. The quantitative estimate of drug-likeness (QED) is 0.592. The van der Waals surface area contributed by atoms with E-state index in [-0.39, 0.29) is 11.8 Å². The van der Waals surface area contributed by atoms with Crippen molar-refractivity contribution < 1.29 is 23.8 Å². The van der Waals surface area contributed by atoms with Crippen LogP contribution in [0.15, 0.2) is 66.7 Å². The first-order valence-electron chi connectivity index (χ1n) is 11.7. The van der Waals surface area contributed by atoms with E-state index < -0.39 is 0 Å². The maximum absolute atomic E-state index is 12.9. The van der Waals surface area contributed by atoms with E-state index in [4.69, 9.17) is 14.2 Å². The molecule has 2 N–H and O–H groups in total. The average molecular weight is 475 g/mol. The summed E-state index contributed by atoms with van der Waals surface area (Å²) >= 11 is 0. The first kappa shape index (κ1) is 24.3. The van der Waals surface area contributed by atoms with Gasteiger partial charge in [0.2, 0.25) is 0 Å². The highest BCUT2D eigenvalue weighted by molar-refractivity contribution is 5.95. The molecule has 0 saturated heterocycles. The van der Waals surface area contributed by atoms with Gasteiger partial charge < -0.3 is 24.8 Å². The highest BCUT2D eigenvalue weighted by Gasteiger charge is 2.13. The largest absolute Gasteiger partial charge is 0.497 e. The number of hydrogen-bond donors (Lipinski definition) is 2. The van der Waals surface area contributed by atoms with Crippen LogP contribution in [-0.4, -0.2) is 51.8 Å². The third-order valence-corrected chi connectivity index (χ3v) is 5.76. The van der Waals surface area contributed by atoms with Crippen LogP contribution in [0.25, 0.3) is 0 Å². The molecule has 7 heteroatoms. The fraction of sp³-hybridized carbons (Fsp3) is 0.286. The van der Waals surface area contributed by atoms with Gasteiger partial charge in [-0.25, -0.2) is 0 Å². The molecule has 3 aromatic carbocycles. The standard InChI is InChI=1S/C28H30N2O5/c1-33-25-7-3-4-20(18-25)10-11-29-28(32)23-8-9-26-24(19-23)17-21-5-2-6-22(16-21)27(31)30-12-13-34-14-15-35-26/h2-9,16,18-19H,10-15,17H2,1H3,(H,29,32)(H,30,31). The fourth-order valence-electron chi connectivity index (χ4n) is 3.94. The minimum absolute atomic E-state index is 0.131. The number of carbonyl (C=O) groups excluding carboxylic acids is 2. The van der Waals surface area contributed by atoms with Crippen LogP contribution >= 0.6 is 0 Å². The van der Waals surface area contributed by atoms with E-state index in [1.54, 1.807) is 19.2 Å². The number of benzene rings is 3. The highest BCUT2D eigenvalue weighted by atomic mass is 16.5. The van der Waals surface area contributed by atoms with E-state index in [9.17, 15) is 9.59 Å². The summed E-state index contributed by atoms with van der Waals surface area (Å²) in [6.07, 6.45) is 1.23. The van der Waals surface area contributed by atoms with Crippen molar-refractivity contribution in [3.8, 4) is 11.5 Å². The Hall–Kier alpha value is -3.84. The summed E-state index contributed by atoms with van der Waals surface area (Å²) in [5, 5.41) is 5.85. The highest BCUT2D eigenvalue weighted by Crippen LogP contribution is 2.24. The van der Waals surface area contributed by atoms with Gasteiger partial charge in [0, 0.05) is 30.6 Å². The Labute approximate surface area is 205 Å². The van der Waals surface area contributed by atoms with Crippen LogP contribution in [0.5, 0.6) is 11.5 Å². The lowest BCUT2D eigenvalue weighted by atomic mass is 9.99. The topological polar surface area (TPSA) is 85.9 Å². The van der Waals surface area contributed by atoms with Gasteiger partial charge in [0.05, 0.1) is 20.3 Å². The zero-order valence-electron chi connectivity index (χ0n) is 19.8. The normalized spacial score (nSPS) is 14.0. The number of ether oxygens (including phenoxy) is 3. The van der Waals surface area contributed by atoms with E-state index in [2.05, 4.69) is 10.6 Å². The molecule has 1 aliphatic heterocycles. The van der Waals surface area contributed by atoms with Crippen molar-refractivity contribution in [1.29, 1.82) is 0 Å². The summed E-state index contributed by atoms with van der Waals surface area (Å²) < 4.78 is 16.8. The summed E-state index contributed by atoms with van der Waals surface area (Å²) in [5.74, 6) is 1.22. The smallest absolute Gasteiger partial charge is 0.251 e. The van der Waals surface area contributed by atoms with Gasteiger partial charge in [-0.1, -0.05) is 24.3 Å². The lowest BCUT2D eigenvalue weighted by Crippen LogP contribution is -2.28. The lowest BCUT2D eigenvalue weighted by molar-refractivity contribution is 0.0865. The van der Waals surface area contributed by atoms with Crippen molar-refractivity contribution in [2.24, 2.45) is 0 Å². The minimum atomic E-state index is -0.147. The van der Waals surface area contributed by atoms with Gasteiger partial charge in [-0.3, -0.25) is 9.59 Å². The van der Waals surface area contributed by atoms with Crippen molar-refractivity contribution in [2.75, 3.05) is 40.0 Å². The maximum atomic E-state index is 12.9. The molecule has 7 nitrogen and oxygen atoms in total. The molecule has 3 aromatic rings. The van der Waals surface area contributed by atoms with Crippen LogP contribution in [0.1, 0.15) is 37.4 Å². The Morgan fingerprint density at radius 1 is 1.03 bits per heavy atom. The van der Waals surface area contributed by atoms with Crippen LogP contribution in [-0.2, 0) is 17.6 Å². The molecule has 0 atom stereocenters. The predicted octanol–water partition coefficient (Wildman–Crippen LogP) is 3.40. The first-order valence-corrected chi connectivity index (χ1v) is 11.7. The number of hydrogen-bond acceptors (Lipinski definition) is 5. The average Bonchev–Trinajstić information content (AvgIpc) is 2.88. The molecule has 1 heterocycles. The molecule has 0 spiro atoms. The molecule has 2 bridgehead atoms. The van der Waals surface area contributed by atoms with E-state index in [1.165, 1.54) is 0 Å². The summed E-state index contributed by atoms with van der Waals surface area (Å²) in [6, 6.07) is 20.8. The van der Waals surface area contributed by atoms with Crippen molar-refractivity contribution >= 4 is 11.8 Å². The molecule has 0 fully saturated rings. The molecule has 1 aliphatic rings. The molecule has 4 rings (SSSR count). The second-order valence-electron chi connectivity index (χ2n) is 8.27. The van der Waals surface area contributed by atoms with Crippen molar-refractivity contribution in [2.45, 2.75) is 12.8 Å². The van der Waals surface area contributed by atoms with Gasteiger partial charge in [0.15, 0.2) is 0 Å². The summed E-state index contributed by atoms with van der Waals surface area (Å²) in [7, 11) is 1.64. The molecule has 0 radical (unpaired) electrons. The SMILES string of the molecule is COc1cccc(CCNC(=O)c2ccc3c(c2)Cc2cccc(c2)C(=O)NCCOCCO3)c1. The fourth-order valence-corrected chi connectivity index (χ4v) is 3.94. The van der Waals surface area contributed by atoms with E-state index in [0.717, 1.165) is 22.4 Å². The number of fused-ring (bicyclic) bond motifs is 3. The Morgan fingerprint density at radius 3 is 2.80 bits per heavy atom. The minimum Gasteiger partial charge on any atom is -0.497 e. The predicted molar refractivity (Wildman–Crippen MR) is 133 cm³/mol. The Kier molecular flexibility index (Phi) is 8.35. The number of rotatable bonds is 5.